The fourth-order valence-corrected chi connectivity index (χ4v) is 6.24. The molecule has 3 amide bonds. The summed E-state index contributed by atoms with van der Waals surface area (Å²) in [5, 5.41) is 2.31. The van der Waals surface area contributed by atoms with Gasteiger partial charge in [0.1, 0.15) is 24.2 Å². The van der Waals surface area contributed by atoms with Gasteiger partial charge in [-0.2, -0.15) is 0 Å². The molecular weight excluding hydrogens is 521 g/mol. The average Bonchev–Trinajstić information content (AvgIpc) is 3.28. The number of halogens is 1. The summed E-state index contributed by atoms with van der Waals surface area (Å²) in [7, 11) is 0. The van der Waals surface area contributed by atoms with Gasteiger partial charge in [-0.25, -0.2) is 4.39 Å². The second-order valence-electron chi connectivity index (χ2n) is 11.3. The summed E-state index contributed by atoms with van der Waals surface area (Å²) in [6.07, 6.45) is 2.15. The third kappa shape index (κ3) is 5.75. The van der Waals surface area contributed by atoms with Gasteiger partial charge in [-0.1, -0.05) is 42.5 Å². The number of fused-ring (bicyclic) bond motifs is 1. The Kier molecular flexibility index (Phi) is 7.58. The minimum absolute atomic E-state index is 0.0752. The van der Waals surface area contributed by atoms with Crippen molar-refractivity contribution in [3.63, 3.8) is 0 Å². The zero-order valence-electron chi connectivity index (χ0n) is 23.2. The molecule has 2 fully saturated rings. The van der Waals surface area contributed by atoms with Crippen molar-refractivity contribution in [1.82, 2.24) is 15.1 Å². The quantitative estimate of drug-likeness (QED) is 0.422. The van der Waals surface area contributed by atoms with E-state index in [0.29, 0.717) is 24.2 Å². The van der Waals surface area contributed by atoms with Crippen LogP contribution >= 0.6 is 0 Å². The number of carbonyl (C=O) groups is 3. The van der Waals surface area contributed by atoms with Gasteiger partial charge in [0.2, 0.25) is 11.8 Å². The first-order valence-corrected chi connectivity index (χ1v) is 14.3. The van der Waals surface area contributed by atoms with Crippen LogP contribution < -0.4 is 10.1 Å². The number of aryl methyl sites for hydroxylation is 1. The lowest BCUT2D eigenvalue weighted by atomic mass is 9.87. The van der Waals surface area contributed by atoms with Gasteiger partial charge < -0.3 is 9.64 Å². The summed E-state index contributed by atoms with van der Waals surface area (Å²) in [5.41, 5.74) is 5.30. The van der Waals surface area contributed by atoms with Crippen molar-refractivity contribution in [3.8, 4) is 5.75 Å². The maximum absolute atomic E-state index is 15.3. The van der Waals surface area contributed by atoms with Crippen LogP contribution in [0.25, 0.3) is 0 Å². The highest BCUT2D eigenvalue weighted by molar-refractivity contribution is 6.05. The maximum Gasteiger partial charge on any atom is 0.255 e. The fourth-order valence-electron chi connectivity index (χ4n) is 6.24. The van der Waals surface area contributed by atoms with Crippen molar-refractivity contribution < 1.29 is 23.5 Å². The number of piperidine rings is 2. The molecule has 7 nitrogen and oxygen atoms in total. The Hall–Kier alpha value is -4.04. The molecule has 0 aromatic heterocycles. The smallest absolute Gasteiger partial charge is 0.255 e. The van der Waals surface area contributed by atoms with E-state index in [9.17, 15) is 14.4 Å². The van der Waals surface area contributed by atoms with Crippen molar-refractivity contribution >= 4 is 17.7 Å². The van der Waals surface area contributed by atoms with Crippen LogP contribution in [-0.4, -0.2) is 46.7 Å². The largest absolute Gasteiger partial charge is 0.489 e. The molecule has 41 heavy (non-hydrogen) atoms. The summed E-state index contributed by atoms with van der Waals surface area (Å²) in [6, 6.07) is 18.8. The van der Waals surface area contributed by atoms with E-state index in [1.165, 1.54) is 22.1 Å². The molecule has 3 aliphatic rings. The lowest BCUT2D eigenvalue weighted by Crippen LogP contribution is -2.52. The number of carbonyl (C=O) groups excluding carboxylic acids is 3. The first kappa shape index (κ1) is 27.1. The zero-order valence-corrected chi connectivity index (χ0v) is 23.2. The molecule has 0 radical (unpaired) electrons. The van der Waals surface area contributed by atoms with E-state index in [2.05, 4.69) is 41.4 Å². The Bertz CT molecular complexity index is 1480. The number of rotatable bonds is 7. The number of hydrogen-bond donors (Lipinski definition) is 1. The predicted molar refractivity (Wildman–Crippen MR) is 152 cm³/mol. The molecule has 3 aromatic carbocycles. The molecular formula is C33H34FN3O4. The highest BCUT2D eigenvalue weighted by atomic mass is 19.1. The van der Waals surface area contributed by atoms with Crippen LogP contribution in [0.15, 0.2) is 60.7 Å². The third-order valence-corrected chi connectivity index (χ3v) is 8.62. The molecule has 8 heteroatoms. The molecule has 0 saturated carbocycles. The molecule has 0 aliphatic carbocycles. The maximum atomic E-state index is 15.3. The number of nitrogens with one attached hydrogen (secondary N) is 1. The standard InChI is InChI=1S/C33H34FN3O4/c1-21-15-26(41-20-22-5-3-2-4-6-22)8-7-24(21)18-36-13-11-23(12-14-36)27-16-25-19-37(33(40)28(25)17-29(27)34)30-9-10-31(38)35-32(30)39/h2-8,15-17,23,30H,9-14,18-20H2,1H3,(H,35,38,39). The van der Waals surface area contributed by atoms with Crippen molar-refractivity contribution in [1.29, 1.82) is 0 Å². The topological polar surface area (TPSA) is 79.0 Å². The van der Waals surface area contributed by atoms with E-state index in [-0.39, 0.29) is 36.5 Å². The lowest BCUT2D eigenvalue weighted by Gasteiger charge is -2.33. The number of nitrogens with zero attached hydrogens (tertiary/aromatic N) is 2. The summed E-state index contributed by atoms with van der Waals surface area (Å²) >= 11 is 0. The summed E-state index contributed by atoms with van der Waals surface area (Å²) in [6.45, 7) is 5.45. The van der Waals surface area contributed by atoms with Crippen LogP contribution in [0, 0.1) is 12.7 Å². The van der Waals surface area contributed by atoms with Crippen LogP contribution in [-0.2, 0) is 29.3 Å². The molecule has 6 rings (SSSR count). The van der Waals surface area contributed by atoms with E-state index in [1.807, 2.05) is 30.3 Å². The monoisotopic (exact) mass is 555 g/mol. The molecule has 3 aromatic rings. The van der Waals surface area contributed by atoms with Gasteiger partial charge in [-0.3, -0.25) is 24.6 Å². The normalized spacial score (nSPS) is 19.8. The predicted octanol–water partition coefficient (Wildman–Crippen LogP) is 4.85. The first-order chi connectivity index (χ1) is 19.9. The molecule has 0 spiro atoms. The van der Waals surface area contributed by atoms with Crippen molar-refractivity contribution in [2.75, 3.05) is 13.1 Å². The van der Waals surface area contributed by atoms with E-state index in [4.69, 9.17) is 4.74 Å². The SMILES string of the molecule is Cc1cc(OCc2ccccc2)ccc1CN1CCC(c2cc3c(cc2F)C(=O)N(C2CCC(=O)NC2=O)C3)CC1. The van der Waals surface area contributed by atoms with Gasteiger partial charge in [0.05, 0.1) is 0 Å². The second-order valence-corrected chi connectivity index (χ2v) is 11.3. The Morgan fingerprint density at radius 2 is 1.76 bits per heavy atom. The van der Waals surface area contributed by atoms with Crippen molar-refractivity contribution in [2.24, 2.45) is 0 Å². The first-order valence-electron chi connectivity index (χ1n) is 14.3. The number of imide groups is 1. The fraction of sp³-hybridized carbons (Fsp3) is 0.364. The molecule has 3 heterocycles. The summed E-state index contributed by atoms with van der Waals surface area (Å²) in [4.78, 5) is 40.8. The summed E-state index contributed by atoms with van der Waals surface area (Å²) < 4.78 is 21.3. The van der Waals surface area contributed by atoms with Gasteiger partial charge in [-0.05, 0) is 91.2 Å². The minimum Gasteiger partial charge on any atom is -0.489 e. The molecule has 2 saturated heterocycles. The van der Waals surface area contributed by atoms with Gasteiger partial charge >= 0.3 is 0 Å². The number of hydrogen-bond acceptors (Lipinski definition) is 5. The Morgan fingerprint density at radius 1 is 0.976 bits per heavy atom. The Labute approximate surface area is 239 Å². The average molecular weight is 556 g/mol. The van der Waals surface area contributed by atoms with E-state index < -0.39 is 11.9 Å². The van der Waals surface area contributed by atoms with Crippen LogP contribution in [0.2, 0.25) is 0 Å². The highest BCUT2D eigenvalue weighted by Gasteiger charge is 2.40. The Morgan fingerprint density at radius 3 is 2.49 bits per heavy atom. The number of amides is 3. The zero-order chi connectivity index (χ0) is 28.5. The number of likely N-dealkylation sites (tertiary alicyclic amines) is 1. The van der Waals surface area contributed by atoms with Crippen molar-refractivity contribution in [2.45, 2.75) is 64.3 Å². The number of benzene rings is 3. The second kappa shape index (κ2) is 11.4. The summed E-state index contributed by atoms with van der Waals surface area (Å²) in [5.74, 6) is -0.555. The minimum atomic E-state index is -0.699. The molecule has 1 atom stereocenters. The van der Waals surface area contributed by atoms with E-state index in [1.54, 1.807) is 0 Å². The number of ether oxygens (including phenoxy) is 1. The van der Waals surface area contributed by atoms with Gasteiger partial charge in [0.25, 0.3) is 5.91 Å². The van der Waals surface area contributed by atoms with Gasteiger partial charge in [-0.15, -0.1) is 0 Å². The molecule has 3 aliphatic heterocycles. The molecule has 1 unspecified atom stereocenters. The van der Waals surface area contributed by atoms with Crippen LogP contribution in [0.5, 0.6) is 5.75 Å². The molecule has 212 valence electrons. The van der Waals surface area contributed by atoms with Crippen LogP contribution in [0.3, 0.4) is 0 Å². The van der Waals surface area contributed by atoms with Gasteiger partial charge in [0.15, 0.2) is 0 Å². The van der Waals surface area contributed by atoms with E-state index >= 15 is 4.39 Å². The van der Waals surface area contributed by atoms with E-state index in [0.717, 1.165) is 49.4 Å². The van der Waals surface area contributed by atoms with Crippen LogP contribution in [0.1, 0.15) is 69.8 Å². The van der Waals surface area contributed by atoms with Gasteiger partial charge in [0, 0.05) is 25.1 Å². The molecule has 0 bridgehead atoms. The van der Waals surface area contributed by atoms with Crippen molar-refractivity contribution in [3.05, 3.63) is 99.9 Å². The lowest BCUT2D eigenvalue weighted by molar-refractivity contribution is -0.136. The Balaban J connectivity index is 1.06. The molecule has 1 N–H and O–H groups in total. The van der Waals surface area contributed by atoms with Crippen LogP contribution in [0.4, 0.5) is 4.39 Å². The highest BCUT2D eigenvalue weighted by Crippen LogP contribution is 2.36. The third-order valence-electron chi connectivity index (χ3n) is 8.62.